The van der Waals surface area contributed by atoms with E-state index >= 15 is 17.6 Å². The van der Waals surface area contributed by atoms with Crippen molar-refractivity contribution in [3.8, 4) is 40.2 Å². The molecule has 6 aromatic rings. The van der Waals surface area contributed by atoms with Gasteiger partial charge >= 0.3 is 12.2 Å². The average molecular weight is 898 g/mol. The van der Waals surface area contributed by atoms with Gasteiger partial charge in [-0.15, -0.1) is 16.4 Å². The van der Waals surface area contributed by atoms with Crippen LogP contribution in [0.2, 0.25) is 0 Å². The lowest BCUT2D eigenvalue weighted by Gasteiger charge is -2.30. The number of benzene rings is 3. The monoisotopic (exact) mass is 897 g/mol. The number of anilines is 1. The summed E-state index contributed by atoms with van der Waals surface area (Å²) < 4.78 is 82.1. The van der Waals surface area contributed by atoms with Crippen molar-refractivity contribution in [3.63, 3.8) is 0 Å². The highest BCUT2D eigenvalue weighted by atomic mass is 32.1. The van der Waals surface area contributed by atoms with Gasteiger partial charge in [0.05, 0.1) is 28.1 Å². The number of amides is 1. The number of nitrogens with one attached hydrogen (secondary N) is 1. The highest BCUT2D eigenvalue weighted by Gasteiger charge is 2.42. The number of alkyl halides is 3. The van der Waals surface area contributed by atoms with Crippen molar-refractivity contribution in [2.75, 3.05) is 38.3 Å². The van der Waals surface area contributed by atoms with E-state index in [-0.39, 0.29) is 99.0 Å². The van der Waals surface area contributed by atoms with Gasteiger partial charge in [-0.05, 0) is 62.3 Å². The highest BCUT2D eigenvalue weighted by molar-refractivity contribution is 7.17. The fourth-order valence-electron chi connectivity index (χ4n) is 9.21. The first-order valence-electron chi connectivity index (χ1n) is 21.4. The molecule has 3 aliphatic heterocycles. The molecule has 0 spiro atoms. The van der Waals surface area contributed by atoms with Crippen molar-refractivity contribution in [2.45, 2.75) is 90.0 Å². The molecule has 4 unspecified atom stereocenters. The smallest absolute Gasteiger partial charge is 0.417 e. The number of hydrogen-bond acceptors (Lipinski definition) is 12. The van der Waals surface area contributed by atoms with Crippen LogP contribution in [-0.4, -0.2) is 93.3 Å². The summed E-state index contributed by atoms with van der Waals surface area (Å²) >= 11 is 0.938. The minimum absolute atomic E-state index is 0.0138. The second-order valence-electron chi connectivity index (χ2n) is 17.2. The lowest BCUT2D eigenvalue weighted by Crippen LogP contribution is -2.44. The number of aromatic nitrogens is 5. The Balaban J connectivity index is 1.15. The average Bonchev–Trinajstić information content (AvgIpc) is 4.15. The second kappa shape index (κ2) is 17.2. The van der Waals surface area contributed by atoms with Gasteiger partial charge in [0.2, 0.25) is 5.91 Å². The number of rotatable bonds is 13. The van der Waals surface area contributed by atoms with Gasteiger partial charge in [-0.2, -0.15) is 28.4 Å². The summed E-state index contributed by atoms with van der Waals surface area (Å²) in [5.41, 5.74) is 0.456. The Morgan fingerprint density at radius 2 is 1.91 bits per heavy atom. The molecule has 334 valence electrons. The third-order valence-corrected chi connectivity index (χ3v) is 13.6. The maximum absolute atomic E-state index is 15.7. The van der Waals surface area contributed by atoms with E-state index in [1.807, 2.05) is 29.7 Å². The van der Waals surface area contributed by atoms with Gasteiger partial charge in [0.25, 0.3) is 0 Å². The Kier molecular flexibility index (Phi) is 11.7. The third-order valence-electron chi connectivity index (χ3n) is 12.6. The number of halogens is 4. The fraction of sp³-hybridized carbons (Fsp3) is 0.435. The maximum atomic E-state index is 15.7. The predicted molar refractivity (Wildman–Crippen MR) is 234 cm³/mol. The molecule has 6 heterocycles. The van der Waals surface area contributed by atoms with Gasteiger partial charge in [0.15, 0.2) is 5.75 Å². The number of nitriles is 1. The first-order valence-corrected chi connectivity index (χ1v) is 22.3. The normalized spacial score (nSPS) is 19.5. The van der Waals surface area contributed by atoms with E-state index in [0.717, 1.165) is 42.7 Å². The molecule has 3 saturated heterocycles. The van der Waals surface area contributed by atoms with Gasteiger partial charge in [0.1, 0.15) is 48.2 Å². The van der Waals surface area contributed by atoms with Gasteiger partial charge in [0, 0.05) is 72.1 Å². The van der Waals surface area contributed by atoms with E-state index in [4.69, 9.17) is 24.2 Å². The minimum atomic E-state index is -4.94. The lowest BCUT2D eigenvalue weighted by molar-refractivity contribution is -0.137. The molecule has 2 bridgehead atoms. The van der Waals surface area contributed by atoms with E-state index < -0.39 is 29.2 Å². The maximum Gasteiger partial charge on any atom is 0.417 e. The molecule has 3 aromatic carbocycles. The Hall–Kier alpha value is -5.90. The van der Waals surface area contributed by atoms with Crippen molar-refractivity contribution in [1.82, 2.24) is 35.2 Å². The van der Waals surface area contributed by atoms with Crippen LogP contribution in [0, 0.1) is 23.1 Å². The topological polar surface area (TPSA) is 144 Å². The number of thiophene rings is 1. The standard InChI is InChI=1S/C46H47F4N9O4S/c1-24(2)40(44(60)57-14-6-7-25(57)3)59-20-36(55-56-59)28-10-8-27(9-11-28)22-62-41-38(32-12-13-35(47)42-37(32)29(17-51)23-64-42)34(46(48,49)50)16-33-39(41)53-45(63-21-26(4)61-5)54-43(33)58-19-30-15-31(58)18-52-30/h8-13,16,20,23-26,30-31,40,52H,6-7,14-15,18-19,21-22H2,1-5H3/t25?,26-,30?,31?,40?/m0/s1. The van der Waals surface area contributed by atoms with Gasteiger partial charge in [-0.25, -0.2) is 9.07 Å². The number of methoxy groups -OCH3 is 1. The van der Waals surface area contributed by atoms with Crippen LogP contribution in [0.15, 0.2) is 54.0 Å². The highest BCUT2D eigenvalue weighted by Crippen LogP contribution is 2.51. The summed E-state index contributed by atoms with van der Waals surface area (Å²) in [4.78, 5) is 27.0. The van der Waals surface area contributed by atoms with Crippen LogP contribution >= 0.6 is 11.3 Å². The molecule has 0 saturated carbocycles. The van der Waals surface area contributed by atoms with Crippen molar-refractivity contribution in [2.24, 2.45) is 5.92 Å². The number of nitrogens with zero attached hydrogens (tertiary/aromatic N) is 8. The number of ether oxygens (including phenoxy) is 3. The summed E-state index contributed by atoms with van der Waals surface area (Å²) in [6.45, 7) is 9.53. The molecule has 0 aliphatic carbocycles. The Morgan fingerprint density at radius 1 is 1.11 bits per heavy atom. The van der Waals surface area contributed by atoms with Crippen LogP contribution in [0.3, 0.4) is 0 Å². The van der Waals surface area contributed by atoms with Crippen LogP contribution in [0.1, 0.15) is 69.7 Å². The van der Waals surface area contributed by atoms with Gasteiger partial charge < -0.3 is 29.3 Å². The third kappa shape index (κ3) is 7.98. The molecule has 5 atom stereocenters. The zero-order chi connectivity index (χ0) is 45.0. The quantitative estimate of drug-likeness (QED) is 0.111. The van der Waals surface area contributed by atoms with Crippen LogP contribution in [0.5, 0.6) is 11.8 Å². The zero-order valence-electron chi connectivity index (χ0n) is 35.9. The SMILES string of the molecule is CO[C@@H](C)COc1nc(N2CC3CC2CN3)c2cc(C(F)(F)F)c(-c3ccc(F)c4scc(C#N)c34)c(OCc3ccc(-c4cn(C(C(=O)N5CCCC5C)C(C)C)nn4)cc3)c2n1. The first kappa shape index (κ1) is 43.4. The molecule has 18 heteroatoms. The van der Waals surface area contributed by atoms with Crippen LogP contribution in [0.25, 0.3) is 43.4 Å². The minimum Gasteiger partial charge on any atom is -0.486 e. The van der Waals surface area contributed by atoms with Crippen molar-refractivity contribution < 1.29 is 36.6 Å². The molecule has 3 aromatic heterocycles. The van der Waals surface area contributed by atoms with E-state index in [2.05, 4.69) is 22.6 Å². The van der Waals surface area contributed by atoms with Crippen molar-refractivity contribution in [3.05, 3.63) is 76.5 Å². The molecular formula is C46H47F4N9O4S. The molecular weight excluding hydrogens is 851 g/mol. The van der Waals surface area contributed by atoms with Crippen LogP contribution in [-0.2, 0) is 22.3 Å². The molecule has 3 fully saturated rings. The van der Waals surface area contributed by atoms with E-state index in [1.165, 1.54) is 18.6 Å². The summed E-state index contributed by atoms with van der Waals surface area (Å²) in [6, 6.07) is 12.2. The van der Waals surface area contributed by atoms with Gasteiger partial charge in [-0.1, -0.05) is 49.4 Å². The van der Waals surface area contributed by atoms with E-state index in [9.17, 15) is 10.1 Å². The van der Waals surface area contributed by atoms with Crippen molar-refractivity contribution in [1.29, 1.82) is 5.26 Å². The molecule has 0 radical (unpaired) electrons. The van der Waals surface area contributed by atoms with E-state index in [1.54, 1.807) is 42.1 Å². The molecule has 64 heavy (non-hydrogen) atoms. The largest absolute Gasteiger partial charge is 0.486 e. The Labute approximate surface area is 370 Å². The predicted octanol–water partition coefficient (Wildman–Crippen LogP) is 8.55. The molecule has 9 rings (SSSR count). The fourth-order valence-corrected chi connectivity index (χ4v) is 10.1. The number of hydrogen-bond donors (Lipinski definition) is 1. The summed E-state index contributed by atoms with van der Waals surface area (Å²) in [5, 5.41) is 23.9. The number of carbonyl (C=O) groups is 1. The lowest BCUT2D eigenvalue weighted by atomic mass is 9.92. The second-order valence-corrected chi connectivity index (χ2v) is 18.1. The van der Waals surface area contributed by atoms with Crippen LogP contribution < -0.4 is 19.7 Å². The molecule has 13 nitrogen and oxygen atoms in total. The van der Waals surface area contributed by atoms with Gasteiger partial charge in [-0.3, -0.25) is 4.79 Å². The number of fused-ring (bicyclic) bond motifs is 4. The first-order chi connectivity index (χ1) is 30.7. The Morgan fingerprint density at radius 3 is 2.56 bits per heavy atom. The number of likely N-dealkylation sites (tertiary alicyclic amines) is 1. The number of piperazine rings is 1. The Bertz CT molecular complexity index is 2770. The van der Waals surface area contributed by atoms with E-state index in [0.29, 0.717) is 36.5 Å². The molecule has 1 N–H and O–H groups in total. The zero-order valence-corrected chi connectivity index (χ0v) is 36.8. The number of carbonyl (C=O) groups excluding carboxylic acids is 1. The molecule has 3 aliphatic rings. The van der Waals surface area contributed by atoms with Crippen molar-refractivity contribution >= 4 is 44.1 Å². The van der Waals surface area contributed by atoms with Crippen LogP contribution in [0.4, 0.5) is 23.4 Å². The summed E-state index contributed by atoms with van der Waals surface area (Å²) in [5.74, 6) is -0.650. The molecule has 1 amide bonds. The summed E-state index contributed by atoms with van der Waals surface area (Å²) in [6.07, 6.45) is -0.824. The summed E-state index contributed by atoms with van der Waals surface area (Å²) in [7, 11) is 1.53.